The third kappa shape index (κ3) is 2.44. The fourth-order valence-corrected chi connectivity index (χ4v) is 2.23. The summed E-state index contributed by atoms with van der Waals surface area (Å²) in [4.78, 5) is 0. The molecule has 0 aliphatic carbocycles. The highest BCUT2D eigenvalue weighted by atomic mass is 35.5. The molecule has 3 aromatic heterocycles. The van der Waals surface area contributed by atoms with E-state index in [1.807, 2.05) is 34.0 Å². The van der Waals surface area contributed by atoms with Gasteiger partial charge in [0.05, 0.1) is 22.0 Å². The molecule has 0 spiro atoms. The number of aromatic nitrogens is 6. The van der Waals surface area contributed by atoms with Crippen molar-refractivity contribution in [3.63, 3.8) is 0 Å². The van der Waals surface area contributed by atoms with E-state index < -0.39 is 0 Å². The molecule has 7 nitrogen and oxygen atoms in total. The predicted molar refractivity (Wildman–Crippen MR) is 77.0 cm³/mol. The van der Waals surface area contributed by atoms with Crippen LogP contribution in [-0.4, -0.2) is 29.8 Å². The minimum absolute atomic E-state index is 0.186. The maximum Gasteiger partial charge on any atom is 0.251 e. The lowest BCUT2D eigenvalue weighted by Gasteiger charge is -2.06. The summed E-state index contributed by atoms with van der Waals surface area (Å²) >= 11 is 6.02. The second kappa shape index (κ2) is 5.00. The third-order valence-electron chi connectivity index (χ3n) is 3.30. The van der Waals surface area contributed by atoms with E-state index in [1.54, 1.807) is 15.6 Å². The molecule has 110 valence electrons. The minimum Gasteiger partial charge on any atom is -0.418 e. The maximum atomic E-state index is 6.02. The van der Waals surface area contributed by atoms with E-state index in [2.05, 4.69) is 20.4 Å². The topological polar surface area (TPSA) is 74.6 Å². The first kappa shape index (κ1) is 13.8. The van der Waals surface area contributed by atoms with Crippen LogP contribution in [0.5, 0.6) is 0 Å². The van der Waals surface area contributed by atoms with Crippen molar-refractivity contribution in [3.8, 4) is 11.5 Å². The molecular weight excluding hydrogens is 292 g/mol. The van der Waals surface area contributed by atoms with Crippen molar-refractivity contribution in [1.82, 2.24) is 29.8 Å². The SMILES string of the molecule is Cc1nn(C(C)c2nnc(-c3cn(C)nc3C)o2)cc1Cl. The highest BCUT2D eigenvalue weighted by Crippen LogP contribution is 2.25. The molecule has 0 aliphatic rings. The molecule has 0 saturated heterocycles. The molecule has 1 atom stereocenters. The molecule has 0 bridgehead atoms. The number of nitrogens with zero attached hydrogens (tertiary/aromatic N) is 6. The Labute approximate surface area is 126 Å². The number of hydrogen-bond acceptors (Lipinski definition) is 5. The van der Waals surface area contributed by atoms with Gasteiger partial charge in [-0.15, -0.1) is 10.2 Å². The average molecular weight is 307 g/mol. The first-order valence-electron chi connectivity index (χ1n) is 6.51. The summed E-state index contributed by atoms with van der Waals surface area (Å²) in [7, 11) is 1.85. The van der Waals surface area contributed by atoms with Crippen LogP contribution >= 0.6 is 11.6 Å². The molecule has 0 saturated carbocycles. The van der Waals surface area contributed by atoms with Crippen LogP contribution in [0.3, 0.4) is 0 Å². The van der Waals surface area contributed by atoms with Crippen molar-refractivity contribution >= 4 is 11.6 Å². The summed E-state index contributed by atoms with van der Waals surface area (Å²) in [5.74, 6) is 0.935. The van der Waals surface area contributed by atoms with E-state index in [9.17, 15) is 0 Å². The smallest absolute Gasteiger partial charge is 0.251 e. The molecule has 0 radical (unpaired) electrons. The Balaban J connectivity index is 1.92. The van der Waals surface area contributed by atoms with Gasteiger partial charge in [0.15, 0.2) is 0 Å². The monoisotopic (exact) mass is 306 g/mol. The zero-order chi connectivity index (χ0) is 15.1. The predicted octanol–water partition coefficient (Wildman–Crippen LogP) is 2.55. The Hall–Kier alpha value is -2.15. The van der Waals surface area contributed by atoms with Gasteiger partial charge in [-0.05, 0) is 20.8 Å². The van der Waals surface area contributed by atoms with Crippen LogP contribution in [0.15, 0.2) is 16.8 Å². The van der Waals surface area contributed by atoms with E-state index in [0.717, 1.165) is 17.0 Å². The van der Waals surface area contributed by atoms with Gasteiger partial charge in [0, 0.05) is 19.4 Å². The van der Waals surface area contributed by atoms with E-state index in [4.69, 9.17) is 16.0 Å². The van der Waals surface area contributed by atoms with E-state index in [-0.39, 0.29) is 6.04 Å². The average Bonchev–Trinajstić information content (AvgIpc) is 3.10. The number of hydrogen-bond donors (Lipinski definition) is 0. The largest absolute Gasteiger partial charge is 0.418 e. The second-order valence-electron chi connectivity index (χ2n) is 4.97. The van der Waals surface area contributed by atoms with Crippen molar-refractivity contribution in [3.05, 3.63) is 34.7 Å². The van der Waals surface area contributed by atoms with Gasteiger partial charge in [0.1, 0.15) is 6.04 Å². The summed E-state index contributed by atoms with van der Waals surface area (Å²) in [5.41, 5.74) is 2.45. The summed E-state index contributed by atoms with van der Waals surface area (Å²) in [6.45, 7) is 5.68. The van der Waals surface area contributed by atoms with Crippen LogP contribution in [0.25, 0.3) is 11.5 Å². The summed E-state index contributed by atoms with van der Waals surface area (Å²) < 4.78 is 9.18. The highest BCUT2D eigenvalue weighted by Gasteiger charge is 2.20. The normalized spacial score (nSPS) is 12.8. The van der Waals surface area contributed by atoms with E-state index in [1.165, 1.54) is 0 Å². The van der Waals surface area contributed by atoms with Crippen LogP contribution < -0.4 is 0 Å². The second-order valence-corrected chi connectivity index (χ2v) is 5.37. The van der Waals surface area contributed by atoms with Crippen LogP contribution in [0.4, 0.5) is 0 Å². The van der Waals surface area contributed by atoms with Crippen molar-refractivity contribution in [2.45, 2.75) is 26.8 Å². The van der Waals surface area contributed by atoms with E-state index in [0.29, 0.717) is 16.8 Å². The van der Waals surface area contributed by atoms with Crippen LogP contribution in [0.2, 0.25) is 5.02 Å². The van der Waals surface area contributed by atoms with Crippen molar-refractivity contribution in [1.29, 1.82) is 0 Å². The summed E-state index contributed by atoms with van der Waals surface area (Å²) in [5, 5.41) is 17.4. The Morgan fingerprint density at radius 3 is 2.48 bits per heavy atom. The number of rotatable bonds is 3. The lowest BCUT2D eigenvalue weighted by Crippen LogP contribution is -2.07. The molecule has 0 fully saturated rings. The molecule has 0 amide bonds. The quantitative estimate of drug-likeness (QED) is 0.743. The van der Waals surface area contributed by atoms with Crippen molar-refractivity contribution in [2.24, 2.45) is 7.05 Å². The van der Waals surface area contributed by atoms with Gasteiger partial charge in [0.2, 0.25) is 5.89 Å². The fraction of sp³-hybridized carbons (Fsp3) is 0.385. The Bertz CT molecular complexity index is 767. The van der Waals surface area contributed by atoms with Gasteiger partial charge in [-0.2, -0.15) is 10.2 Å². The van der Waals surface area contributed by atoms with Gasteiger partial charge in [0.25, 0.3) is 5.89 Å². The molecule has 0 aliphatic heterocycles. The summed E-state index contributed by atoms with van der Waals surface area (Å²) in [6.07, 6.45) is 3.60. The van der Waals surface area contributed by atoms with Gasteiger partial charge in [-0.3, -0.25) is 9.36 Å². The van der Waals surface area contributed by atoms with Crippen LogP contribution in [0.1, 0.15) is 30.2 Å². The minimum atomic E-state index is -0.186. The van der Waals surface area contributed by atoms with Crippen LogP contribution in [0, 0.1) is 13.8 Å². The molecule has 21 heavy (non-hydrogen) atoms. The van der Waals surface area contributed by atoms with Crippen molar-refractivity contribution in [2.75, 3.05) is 0 Å². The molecule has 1 unspecified atom stereocenters. The Morgan fingerprint density at radius 1 is 1.14 bits per heavy atom. The lowest BCUT2D eigenvalue weighted by molar-refractivity contribution is 0.415. The maximum absolute atomic E-state index is 6.02. The highest BCUT2D eigenvalue weighted by molar-refractivity contribution is 6.31. The van der Waals surface area contributed by atoms with Crippen molar-refractivity contribution < 1.29 is 4.42 Å². The number of aryl methyl sites for hydroxylation is 3. The lowest BCUT2D eigenvalue weighted by atomic mass is 10.3. The van der Waals surface area contributed by atoms with Crippen LogP contribution in [-0.2, 0) is 7.05 Å². The van der Waals surface area contributed by atoms with Gasteiger partial charge in [-0.25, -0.2) is 0 Å². The van der Waals surface area contributed by atoms with Gasteiger partial charge >= 0.3 is 0 Å². The fourth-order valence-electron chi connectivity index (χ4n) is 2.09. The Morgan fingerprint density at radius 2 is 1.90 bits per heavy atom. The van der Waals surface area contributed by atoms with Gasteiger partial charge in [-0.1, -0.05) is 11.6 Å². The standard InChI is InChI=1S/C13H15ClN6O/c1-7-10(5-19(4)17-7)13-16-15-12(21-13)9(3)20-6-11(14)8(2)18-20/h5-6,9H,1-4H3. The first-order valence-corrected chi connectivity index (χ1v) is 6.88. The zero-order valence-electron chi connectivity index (χ0n) is 12.2. The Kier molecular flexibility index (Phi) is 3.29. The first-order chi connectivity index (χ1) is 9.95. The van der Waals surface area contributed by atoms with E-state index >= 15 is 0 Å². The molecule has 3 rings (SSSR count). The molecule has 0 aromatic carbocycles. The number of halogens is 1. The third-order valence-corrected chi connectivity index (χ3v) is 3.67. The molecular formula is C13H15ClN6O. The molecule has 0 N–H and O–H groups in total. The zero-order valence-corrected chi connectivity index (χ0v) is 13.0. The van der Waals surface area contributed by atoms with Gasteiger partial charge < -0.3 is 4.42 Å². The summed E-state index contributed by atoms with van der Waals surface area (Å²) in [6, 6.07) is -0.186. The molecule has 8 heteroatoms. The molecule has 3 aromatic rings. The molecule has 3 heterocycles.